The highest BCUT2D eigenvalue weighted by Crippen LogP contribution is 2.26. The highest BCUT2D eigenvalue weighted by molar-refractivity contribution is 7.22. The number of nitrogens with one attached hydrogen (secondary N) is 1. The predicted octanol–water partition coefficient (Wildman–Crippen LogP) is 3.75. The Bertz CT molecular complexity index is 724. The average molecular weight is 273 g/mol. The number of anilines is 1. The highest BCUT2D eigenvalue weighted by Gasteiger charge is 2.05. The van der Waals surface area contributed by atoms with E-state index in [0.29, 0.717) is 12.1 Å². The van der Waals surface area contributed by atoms with Crippen LogP contribution in [0, 0.1) is 12.7 Å². The van der Waals surface area contributed by atoms with Crippen LogP contribution >= 0.6 is 11.3 Å². The van der Waals surface area contributed by atoms with Crippen LogP contribution < -0.4 is 5.32 Å². The van der Waals surface area contributed by atoms with Crippen molar-refractivity contribution >= 4 is 26.7 Å². The number of fused-ring (bicyclic) bond motifs is 1. The lowest BCUT2D eigenvalue weighted by Crippen LogP contribution is -2.00. The molecule has 0 saturated carbocycles. The lowest BCUT2D eigenvalue weighted by atomic mass is 10.2. The Labute approximate surface area is 114 Å². The summed E-state index contributed by atoms with van der Waals surface area (Å²) in [5.41, 5.74) is 3.02. The number of thiazole rings is 1. The van der Waals surface area contributed by atoms with E-state index in [4.69, 9.17) is 0 Å². The summed E-state index contributed by atoms with van der Waals surface area (Å²) in [7, 11) is 0. The molecule has 0 fully saturated rings. The minimum atomic E-state index is -0.255. The summed E-state index contributed by atoms with van der Waals surface area (Å²) in [5, 5.41) is 4.07. The molecular formula is C14H12FN3S. The van der Waals surface area contributed by atoms with Gasteiger partial charge in [-0.25, -0.2) is 9.37 Å². The van der Waals surface area contributed by atoms with E-state index >= 15 is 0 Å². The fraction of sp³-hybridized carbons (Fsp3) is 0.143. The Balaban J connectivity index is 1.80. The van der Waals surface area contributed by atoms with E-state index in [1.54, 1.807) is 12.3 Å². The van der Waals surface area contributed by atoms with E-state index in [2.05, 4.69) is 15.3 Å². The number of benzene rings is 1. The van der Waals surface area contributed by atoms with Crippen LogP contribution in [0.25, 0.3) is 10.2 Å². The van der Waals surface area contributed by atoms with E-state index in [0.717, 1.165) is 15.4 Å². The van der Waals surface area contributed by atoms with E-state index in [1.165, 1.54) is 29.0 Å². The van der Waals surface area contributed by atoms with Crippen LogP contribution in [0.3, 0.4) is 0 Å². The van der Waals surface area contributed by atoms with Crippen LogP contribution in [-0.2, 0) is 6.54 Å². The maximum absolute atomic E-state index is 13.1. The number of aryl methyl sites for hydroxylation is 1. The standard InChI is InChI=1S/C14H12FN3S/c1-9-7-16-5-4-10(9)8-17-14-18-12-6-11(15)2-3-13(12)19-14/h2-7H,8H2,1H3,(H,17,18). The molecule has 0 saturated heterocycles. The zero-order chi connectivity index (χ0) is 13.2. The first-order valence-corrected chi connectivity index (χ1v) is 6.73. The molecule has 3 nitrogen and oxygen atoms in total. The van der Waals surface area contributed by atoms with Crippen molar-refractivity contribution < 1.29 is 4.39 Å². The third kappa shape index (κ3) is 2.56. The Morgan fingerprint density at radius 1 is 1.32 bits per heavy atom. The van der Waals surface area contributed by atoms with Gasteiger partial charge in [0.15, 0.2) is 5.13 Å². The number of nitrogens with zero attached hydrogens (tertiary/aromatic N) is 2. The SMILES string of the molecule is Cc1cnccc1CNc1nc2cc(F)ccc2s1. The maximum Gasteiger partial charge on any atom is 0.184 e. The van der Waals surface area contributed by atoms with Gasteiger partial charge in [0.1, 0.15) is 5.82 Å². The van der Waals surface area contributed by atoms with Gasteiger partial charge in [0, 0.05) is 25.0 Å². The fourth-order valence-electron chi connectivity index (χ4n) is 1.85. The van der Waals surface area contributed by atoms with Crippen LogP contribution in [0.15, 0.2) is 36.7 Å². The highest BCUT2D eigenvalue weighted by atomic mass is 32.1. The van der Waals surface area contributed by atoms with Crippen LogP contribution in [0.5, 0.6) is 0 Å². The molecule has 0 bridgehead atoms. The van der Waals surface area contributed by atoms with E-state index in [-0.39, 0.29) is 5.82 Å². The molecule has 3 aromatic rings. The second-order valence-electron chi connectivity index (χ2n) is 4.29. The van der Waals surface area contributed by atoms with Crippen LogP contribution in [0.1, 0.15) is 11.1 Å². The first-order valence-electron chi connectivity index (χ1n) is 5.92. The molecule has 2 heterocycles. The molecule has 0 unspecified atom stereocenters. The van der Waals surface area contributed by atoms with Crippen molar-refractivity contribution in [3.63, 3.8) is 0 Å². The number of rotatable bonds is 3. The topological polar surface area (TPSA) is 37.8 Å². The second-order valence-corrected chi connectivity index (χ2v) is 5.32. The van der Waals surface area contributed by atoms with Gasteiger partial charge in [-0.05, 0) is 36.2 Å². The Kier molecular flexibility index (Phi) is 3.13. The third-order valence-electron chi connectivity index (χ3n) is 2.92. The number of halogens is 1. The van der Waals surface area contributed by atoms with Gasteiger partial charge >= 0.3 is 0 Å². The molecule has 96 valence electrons. The molecular weight excluding hydrogens is 261 g/mol. The van der Waals surface area contributed by atoms with Crippen LogP contribution in [0.2, 0.25) is 0 Å². The van der Waals surface area contributed by atoms with Crippen molar-refractivity contribution in [2.24, 2.45) is 0 Å². The van der Waals surface area contributed by atoms with Crippen molar-refractivity contribution in [2.45, 2.75) is 13.5 Å². The van der Waals surface area contributed by atoms with Gasteiger partial charge in [-0.1, -0.05) is 11.3 Å². The van der Waals surface area contributed by atoms with Crippen LogP contribution in [-0.4, -0.2) is 9.97 Å². The van der Waals surface area contributed by atoms with E-state index < -0.39 is 0 Å². The molecule has 0 radical (unpaired) electrons. The number of hydrogen-bond acceptors (Lipinski definition) is 4. The molecule has 1 N–H and O–H groups in total. The van der Waals surface area contributed by atoms with Crippen molar-refractivity contribution in [3.8, 4) is 0 Å². The van der Waals surface area contributed by atoms with Crippen molar-refractivity contribution in [1.29, 1.82) is 0 Å². The lowest BCUT2D eigenvalue weighted by Gasteiger charge is -2.05. The summed E-state index contributed by atoms with van der Waals surface area (Å²) in [6.45, 7) is 2.72. The predicted molar refractivity (Wildman–Crippen MR) is 75.9 cm³/mol. The van der Waals surface area contributed by atoms with Gasteiger partial charge in [-0.2, -0.15) is 0 Å². The Morgan fingerprint density at radius 2 is 2.21 bits per heavy atom. The van der Waals surface area contributed by atoms with Gasteiger partial charge < -0.3 is 5.32 Å². The fourth-order valence-corrected chi connectivity index (χ4v) is 2.69. The minimum Gasteiger partial charge on any atom is -0.357 e. The molecule has 5 heteroatoms. The molecule has 0 amide bonds. The summed E-state index contributed by atoms with van der Waals surface area (Å²) in [5.74, 6) is -0.255. The van der Waals surface area contributed by atoms with Crippen LogP contribution in [0.4, 0.5) is 9.52 Å². The summed E-state index contributed by atoms with van der Waals surface area (Å²) >= 11 is 1.53. The molecule has 0 aliphatic carbocycles. The second kappa shape index (κ2) is 4.93. The molecule has 0 aliphatic rings. The first-order chi connectivity index (χ1) is 9.22. The Hall–Kier alpha value is -2.01. The van der Waals surface area contributed by atoms with Gasteiger partial charge in [0.25, 0.3) is 0 Å². The number of pyridine rings is 1. The molecule has 0 atom stereocenters. The normalized spacial score (nSPS) is 10.8. The molecule has 2 aromatic heterocycles. The van der Waals surface area contributed by atoms with Crippen molar-refractivity contribution in [1.82, 2.24) is 9.97 Å². The van der Waals surface area contributed by atoms with Gasteiger partial charge in [0.2, 0.25) is 0 Å². The maximum atomic E-state index is 13.1. The molecule has 19 heavy (non-hydrogen) atoms. The molecule has 0 aliphatic heterocycles. The van der Waals surface area contributed by atoms with E-state index in [1.807, 2.05) is 19.2 Å². The molecule has 1 aromatic carbocycles. The zero-order valence-corrected chi connectivity index (χ0v) is 11.2. The van der Waals surface area contributed by atoms with Crippen molar-refractivity contribution in [2.75, 3.05) is 5.32 Å². The summed E-state index contributed by atoms with van der Waals surface area (Å²) in [6, 6.07) is 6.65. The number of hydrogen-bond donors (Lipinski definition) is 1. The van der Waals surface area contributed by atoms with E-state index in [9.17, 15) is 4.39 Å². The zero-order valence-electron chi connectivity index (χ0n) is 10.4. The third-order valence-corrected chi connectivity index (χ3v) is 3.91. The van der Waals surface area contributed by atoms with Crippen molar-refractivity contribution in [3.05, 3.63) is 53.6 Å². The molecule has 3 rings (SSSR count). The molecule has 0 spiro atoms. The van der Waals surface area contributed by atoms with Gasteiger partial charge in [0.05, 0.1) is 10.2 Å². The quantitative estimate of drug-likeness (QED) is 0.789. The van der Waals surface area contributed by atoms with Gasteiger partial charge in [-0.3, -0.25) is 4.98 Å². The monoisotopic (exact) mass is 273 g/mol. The largest absolute Gasteiger partial charge is 0.357 e. The number of aromatic nitrogens is 2. The van der Waals surface area contributed by atoms with Gasteiger partial charge in [-0.15, -0.1) is 0 Å². The minimum absolute atomic E-state index is 0.255. The smallest absolute Gasteiger partial charge is 0.184 e. The summed E-state index contributed by atoms with van der Waals surface area (Å²) in [4.78, 5) is 8.43. The summed E-state index contributed by atoms with van der Waals surface area (Å²) in [6.07, 6.45) is 3.61. The average Bonchev–Trinajstić information content (AvgIpc) is 2.79. The first kappa shape index (κ1) is 12.0. The lowest BCUT2D eigenvalue weighted by molar-refractivity contribution is 0.629. The summed E-state index contributed by atoms with van der Waals surface area (Å²) < 4.78 is 14.1. The Morgan fingerprint density at radius 3 is 3.05 bits per heavy atom.